The number of hydrogen-bond acceptors (Lipinski definition) is 5. The lowest BCUT2D eigenvalue weighted by Gasteiger charge is -2.11. The monoisotopic (exact) mass is 217 g/mol. The summed E-state index contributed by atoms with van der Waals surface area (Å²) in [7, 11) is 1.28. The van der Waals surface area contributed by atoms with E-state index in [1.165, 1.54) is 7.11 Å². The molecule has 2 unspecified atom stereocenters. The normalized spacial score (nSPS) is 23.1. The van der Waals surface area contributed by atoms with E-state index in [1.807, 2.05) is 0 Å². The van der Waals surface area contributed by atoms with Gasteiger partial charge in [0.2, 0.25) is 0 Å². The van der Waals surface area contributed by atoms with Crippen LogP contribution in [0, 0.1) is 5.92 Å². The second-order valence-electron chi connectivity index (χ2n) is 3.36. The van der Waals surface area contributed by atoms with Crippen LogP contribution in [0.4, 0.5) is 0 Å². The second kappa shape index (κ2) is 5.36. The molecule has 0 amide bonds. The Balaban J connectivity index is 2.35. The Hall–Kier alpha value is -0.550. The molecule has 80 valence electrons. The fourth-order valence-corrected chi connectivity index (χ4v) is 2.66. The van der Waals surface area contributed by atoms with Crippen molar-refractivity contribution in [2.24, 2.45) is 11.7 Å². The van der Waals surface area contributed by atoms with Crippen molar-refractivity contribution in [2.75, 3.05) is 18.6 Å². The van der Waals surface area contributed by atoms with Gasteiger partial charge in [-0.05, 0) is 12.2 Å². The van der Waals surface area contributed by atoms with Gasteiger partial charge in [0.25, 0.3) is 0 Å². The van der Waals surface area contributed by atoms with E-state index < -0.39 is 12.0 Å². The van der Waals surface area contributed by atoms with E-state index in [0.29, 0.717) is 0 Å². The standard InChI is InChI=1S/C9H15NO3S/c1-13-9(12)7(10)4-8(11)6-2-3-14-5-6/h6-7H,2-5,10H2,1H3. The summed E-state index contributed by atoms with van der Waals surface area (Å²) in [4.78, 5) is 22.5. The van der Waals surface area contributed by atoms with Gasteiger partial charge in [-0.2, -0.15) is 11.8 Å². The Kier molecular flexibility index (Phi) is 4.41. The van der Waals surface area contributed by atoms with Crippen molar-refractivity contribution in [3.05, 3.63) is 0 Å². The summed E-state index contributed by atoms with van der Waals surface area (Å²) in [6.07, 6.45) is 1.02. The summed E-state index contributed by atoms with van der Waals surface area (Å²) < 4.78 is 4.45. The van der Waals surface area contributed by atoms with E-state index in [2.05, 4.69) is 4.74 Å². The quantitative estimate of drug-likeness (QED) is 0.681. The molecule has 1 saturated heterocycles. The Morgan fingerprint density at radius 3 is 2.86 bits per heavy atom. The van der Waals surface area contributed by atoms with Gasteiger partial charge in [0.15, 0.2) is 0 Å². The molecule has 1 fully saturated rings. The smallest absolute Gasteiger partial charge is 0.323 e. The fraction of sp³-hybridized carbons (Fsp3) is 0.778. The maximum absolute atomic E-state index is 11.6. The van der Waals surface area contributed by atoms with Crippen molar-refractivity contribution in [2.45, 2.75) is 18.9 Å². The molecule has 4 nitrogen and oxygen atoms in total. The van der Waals surface area contributed by atoms with E-state index in [0.717, 1.165) is 17.9 Å². The predicted molar refractivity (Wildman–Crippen MR) is 55.0 cm³/mol. The number of hydrogen-bond donors (Lipinski definition) is 1. The fourth-order valence-electron chi connectivity index (χ4n) is 1.41. The van der Waals surface area contributed by atoms with Crippen LogP contribution < -0.4 is 5.73 Å². The average Bonchev–Trinajstić information content (AvgIpc) is 2.69. The molecule has 2 atom stereocenters. The third kappa shape index (κ3) is 2.99. The zero-order chi connectivity index (χ0) is 10.6. The predicted octanol–water partition coefficient (Wildman–Crippen LogP) is 0.199. The van der Waals surface area contributed by atoms with Crippen LogP contribution in [0.15, 0.2) is 0 Å². The molecular weight excluding hydrogens is 202 g/mol. The first-order chi connectivity index (χ1) is 6.65. The highest BCUT2D eigenvalue weighted by Crippen LogP contribution is 2.25. The molecule has 0 aromatic rings. The Bertz CT molecular complexity index is 226. The maximum Gasteiger partial charge on any atom is 0.323 e. The summed E-state index contributed by atoms with van der Waals surface area (Å²) in [5.74, 6) is 1.57. The van der Waals surface area contributed by atoms with Crippen molar-refractivity contribution in [1.29, 1.82) is 0 Å². The van der Waals surface area contributed by atoms with Crippen LogP contribution in [0.5, 0.6) is 0 Å². The van der Waals surface area contributed by atoms with E-state index >= 15 is 0 Å². The number of esters is 1. The highest BCUT2D eigenvalue weighted by molar-refractivity contribution is 7.99. The minimum atomic E-state index is -0.793. The van der Waals surface area contributed by atoms with Gasteiger partial charge in [0, 0.05) is 18.1 Å². The van der Waals surface area contributed by atoms with E-state index in [9.17, 15) is 9.59 Å². The molecule has 2 N–H and O–H groups in total. The van der Waals surface area contributed by atoms with Crippen LogP contribution in [0.25, 0.3) is 0 Å². The Morgan fingerprint density at radius 1 is 1.64 bits per heavy atom. The van der Waals surface area contributed by atoms with Crippen molar-refractivity contribution in [3.63, 3.8) is 0 Å². The molecule has 1 heterocycles. The maximum atomic E-state index is 11.6. The Labute approximate surface area is 87.6 Å². The van der Waals surface area contributed by atoms with Gasteiger partial charge < -0.3 is 10.5 Å². The molecule has 0 spiro atoms. The van der Waals surface area contributed by atoms with Crippen molar-refractivity contribution in [3.8, 4) is 0 Å². The van der Waals surface area contributed by atoms with Gasteiger partial charge >= 0.3 is 5.97 Å². The summed E-state index contributed by atoms with van der Waals surface area (Å²) >= 11 is 1.77. The number of thioether (sulfide) groups is 1. The summed E-state index contributed by atoms with van der Waals surface area (Å²) in [6.45, 7) is 0. The number of ketones is 1. The third-order valence-electron chi connectivity index (χ3n) is 2.31. The number of carbonyl (C=O) groups excluding carboxylic acids is 2. The number of Topliss-reactive ketones (excluding diaryl/α,β-unsaturated/α-hetero) is 1. The molecule has 1 aliphatic heterocycles. The van der Waals surface area contributed by atoms with Gasteiger partial charge in [-0.25, -0.2) is 0 Å². The van der Waals surface area contributed by atoms with E-state index in [4.69, 9.17) is 5.73 Å². The molecule has 14 heavy (non-hydrogen) atoms. The van der Waals surface area contributed by atoms with Crippen LogP contribution in [0.3, 0.4) is 0 Å². The molecule has 0 aromatic heterocycles. The van der Waals surface area contributed by atoms with Crippen LogP contribution in [0.2, 0.25) is 0 Å². The molecule has 1 aliphatic rings. The number of ether oxygens (including phenoxy) is 1. The van der Waals surface area contributed by atoms with Crippen molar-refractivity contribution in [1.82, 2.24) is 0 Å². The molecule has 5 heteroatoms. The second-order valence-corrected chi connectivity index (χ2v) is 4.51. The molecule has 0 aromatic carbocycles. The Morgan fingerprint density at radius 2 is 2.36 bits per heavy atom. The molecule has 1 rings (SSSR count). The molecule has 0 saturated carbocycles. The first-order valence-corrected chi connectivity index (χ1v) is 5.74. The van der Waals surface area contributed by atoms with Gasteiger partial charge in [-0.3, -0.25) is 9.59 Å². The first kappa shape index (κ1) is 11.5. The highest BCUT2D eigenvalue weighted by Gasteiger charge is 2.26. The number of methoxy groups -OCH3 is 1. The van der Waals surface area contributed by atoms with Gasteiger partial charge in [0.05, 0.1) is 7.11 Å². The van der Waals surface area contributed by atoms with Gasteiger partial charge in [0.1, 0.15) is 11.8 Å². The highest BCUT2D eigenvalue weighted by atomic mass is 32.2. The number of rotatable bonds is 4. The SMILES string of the molecule is COC(=O)C(N)CC(=O)C1CCSC1. The zero-order valence-electron chi connectivity index (χ0n) is 8.19. The largest absolute Gasteiger partial charge is 0.468 e. The minimum absolute atomic E-state index is 0.0906. The third-order valence-corrected chi connectivity index (χ3v) is 3.47. The van der Waals surface area contributed by atoms with Crippen molar-refractivity contribution < 1.29 is 14.3 Å². The molecular formula is C9H15NO3S. The van der Waals surface area contributed by atoms with E-state index in [1.54, 1.807) is 11.8 Å². The van der Waals surface area contributed by atoms with E-state index in [-0.39, 0.29) is 18.1 Å². The minimum Gasteiger partial charge on any atom is -0.468 e. The first-order valence-electron chi connectivity index (χ1n) is 4.59. The lowest BCUT2D eigenvalue weighted by molar-refractivity contribution is -0.143. The molecule has 0 bridgehead atoms. The summed E-state index contributed by atoms with van der Waals surface area (Å²) in [6, 6.07) is -0.793. The lowest BCUT2D eigenvalue weighted by Crippen LogP contribution is -2.35. The van der Waals surface area contributed by atoms with Crippen molar-refractivity contribution >= 4 is 23.5 Å². The molecule has 0 radical (unpaired) electrons. The van der Waals surface area contributed by atoms with Crippen LogP contribution in [-0.2, 0) is 14.3 Å². The van der Waals surface area contributed by atoms with Crippen LogP contribution in [-0.4, -0.2) is 36.4 Å². The summed E-state index contributed by atoms with van der Waals surface area (Å²) in [5.41, 5.74) is 5.49. The average molecular weight is 217 g/mol. The topological polar surface area (TPSA) is 69.4 Å². The summed E-state index contributed by atoms with van der Waals surface area (Å²) in [5, 5.41) is 0. The van der Waals surface area contributed by atoms with Gasteiger partial charge in [-0.1, -0.05) is 0 Å². The van der Waals surface area contributed by atoms with Crippen LogP contribution >= 0.6 is 11.8 Å². The van der Waals surface area contributed by atoms with Crippen LogP contribution in [0.1, 0.15) is 12.8 Å². The number of nitrogens with two attached hydrogens (primary N) is 1. The number of carbonyl (C=O) groups is 2. The van der Waals surface area contributed by atoms with Gasteiger partial charge in [-0.15, -0.1) is 0 Å². The lowest BCUT2D eigenvalue weighted by atomic mass is 9.98. The zero-order valence-corrected chi connectivity index (χ0v) is 9.01. The molecule has 0 aliphatic carbocycles.